The average Bonchev–Trinajstić information content (AvgIpc) is 2.66. The zero-order valence-electron chi connectivity index (χ0n) is 8.86. The second kappa shape index (κ2) is 4.59. The highest BCUT2D eigenvalue weighted by Crippen LogP contribution is 2.24. The molecule has 0 aliphatic carbocycles. The van der Waals surface area contributed by atoms with E-state index in [4.69, 9.17) is 4.74 Å². The van der Waals surface area contributed by atoms with Gasteiger partial charge < -0.3 is 10.1 Å². The van der Waals surface area contributed by atoms with Gasteiger partial charge in [-0.3, -0.25) is 4.90 Å². The molecule has 1 aliphatic heterocycles. The Labute approximate surface area is 93.1 Å². The van der Waals surface area contributed by atoms with Crippen molar-refractivity contribution in [3.8, 4) is 5.88 Å². The second-order valence-electron chi connectivity index (χ2n) is 3.40. The molecule has 0 spiro atoms. The highest BCUT2D eigenvalue weighted by atomic mass is 32.1. The minimum absolute atomic E-state index is 0.620. The summed E-state index contributed by atoms with van der Waals surface area (Å²) in [6, 6.07) is 0. The maximum atomic E-state index is 5.42. The lowest BCUT2D eigenvalue weighted by molar-refractivity contribution is 0.325. The van der Waals surface area contributed by atoms with Crippen molar-refractivity contribution in [3.05, 3.63) is 11.9 Å². The molecule has 15 heavy (non-hydrogen) atoms. The third kappa shape index (κ3) is 2.27. The van der Waals surface area contributed by atoms with Gasteiger partial charge in [-0.2, -0.15) is 4.37 Å². The van der Waals surface area contributed by atoms with E-state index in [2.05, 4.69) is 26.0 Å². The minimum Gasteiger partial charge on any atom is -0.476 e. The van der Waals surface area contributed by atoms with Crippen molar-refractivity contribution in [3.63, 3.8) is 0 Å². The van der Waals surface area contributed by atoms with Crippen molar-refractivity contribution in [1.82, 2.24) is 19.0 Å². The Bertz CT molecular complexity index is 363. The highest BCUT2D eigenvalue weighted by Gasteiger charge is 2.17. The first-order valence-electron chi connectivity index (χ1n) is 4.88. The van der Waals surface area contributed by atoms with Crippen LogP contribution in [0.1, 0.15) is 12.6 Å². The fraction of sp³-hybridized carbons (Fsp3) is 0.556. The van der Waals surface area contributed by atoms with Crippen molar-refractivity contribution in [2.24, 2.45) is 0 Å². The molecule has 1 aliphatic rings. The van der Waals surface area contributed by atoms with Gasteiger partial charge in [0.25, 0.3) is 5.88 Å². The summed E-state index contributed by atoms with van der Waals surface area (Å²) < 4.78 is 13.8. The van der Waals surface area contributed by atoms with E-state index in [1.165, 1.54) is 11.7 Å². The Morgan fingerprint density at radius 1 is 1.60 bits per heavy atom. The Hall–Kier alpha value is -1.14. The summed E-state index contributed by atoms with van der Waals surface area (Å²) >= 11 is 1.19. The first kappa shape index (κ1) is 10.4. The van der Waals surface area contributed by atoms with Crippen LogP contribution in [-0.4, -0.2) is 40.5 Å². The Morgan fingerprint density at radius 3 is 3.20 bits per heavy atom. The predicted molar refractivity (Wildman–Crippen MR) is 59.7 cm³/mol. The first-order valence-corrected chi connectivity index (χ1v) is 5.61. The van der Waals surface area contributed by atoms with Gasteiger partial charge in [-0.15, -0.1) is 4.37 Å². The number of nitrogens with one attached hydrogen (secondary N) is 1. The van der Waals surface area contributed by atoms with Crippen LogP contribution in [0, 0.1) is 0 Å². The third-order valence-electron chi connectivity index (χ3n) is 2.12. The summed E-state index contributed by atoms with van der Waals surface area (Å²) in [5.74, 6) is 0.644. The molecule has 1 aromatic heterocycles. The molecule has 1 aromatic rings. The summed E-state index contributed by atoms with van der Waals surface area (Å²) in [6.45, 7) is 4.31. The van der Waals surface area contributed by atoms with Crippen molar-refractivity contribution in [2.75, 3.05) is 26.9 Å². The van der Waals surface area contributed by atoms with Gasteiger partial charge in [0.05, 0.1) is 25.0 Å². The molecule has 0 saturated heterocycles. The number of ether oxygens (including phenoxy) is 1. The van der Waals surface area contributed by atoms with Gasteiger partial charge in [0.2, 0.25) is 0 Å². The molecule has 0 atom stereocenters. The molecular formula is C9H14N4OS. The van der Waals surface area contributed by atoms with Crippen LogP contribution in [-0.2, 0) is 0 Å². The van der Waals surface area contributed by atoms with E-state index in [0.717, 1.165) is 24.5 Å². The van der Waals surface area contributed by atoms with Gasteiger partial charge in [-0.25, -0.2) is 0 Å². The van der Waals surface area contributed by atoms with E-state index in [1.807, 2.05) is 13.1 Å². The molecule has 2 heterocycles. The van der Waals surface area contributed by atoms with Crippen molar-refractivity contribution in [1.29, 1.82) is 0 Å². The van der Waals surface area contributed by atoms with E-state index in [-0.39, 0.29) is 0 Å². The Balaban J connectivity index is 2.21. The van der Waals surface area contributed by atoms with E-state index in [1.54, 1.807) is 0 Å². The van der Waals surface area contributed by atoms with Crippen molar-refractivity contribution >= 4 is 17.3 Å². The molecule has 82 valence electrons. The van der Waals surface area contributed by atoms with Gasteiger partial charge in [-0.05, 0) is 14.0 Å². The molecule has 2 rings (SSSR count). The standard InChI is InChI=1S/C9H14N4OS/c1-3-14-9-8(11-15-12-9)7-4-10-6-13(2)5-7/h4,10H,3,5-6H2,1-2H3. The summed E-state index contributed by atoms with van der Waals surface area (Å²) in [5.41, 5.74) is 1.99. The molecule has 5 nitrogen and oxygen atoms in total. The number of likely N-dealkylation sites (N-methyl/N-ethyl adjacent to an activating group) is 1. The van der Waals surface area contributed by atoms with Gasteiger partial charge in [-0.1, -0.05) is 0 Å². The summed E-state index contributed by atoms with van der Waals surface area (Å²) in [4.78, 5) is 2.17. The monoisotopic (exact) mass is 226 g/mol. The molecule has 6 heteroatoms. The lowest BCUT2D eigenvalue weighted by Gasteiger charge is -2.23. The smallest absolute Gasteiger partial charge is 0.253 e. The van der Waals surface area contributed by atoms with Crippen LogP contribution < -0.4 is 10.1 Å². The summed E-state index contributed by atoms with van der Waals surface area (Å²) in [6.07, 6.45) is 1.99. The van der Waals surface area contributed by atoms with Crippen molar-refractivity contribution in [2.45, 2.75) is 6.92 Å². The number of nitrogens with zero attached hydrogens (tertiary/aromatic N) is 3. The molecule has 0 amide bonds. The Morgan fingerprint density at radius 2 is 2.47 bits per heavy atom. The van der Waals surface area contributed by atoms with Gasteiger partial charge in [0.15, 0.2) is 0 Å². The fourth-order valence-corrected chi connectivity index (χ4v) is 2.00. The quantitative estimate of drug-likeness (QED) is 0.825. The number of hydrogen-bond donors (Lipinski definition) is 1. The topological polar surface area (TPSA) is 50.3 Å². The van der Waals surface area contributed by atoms with Crippen LogP contribution in [0.25, 0.3) is 5.57 Å². The first-order chi connectivity index (χ1) is 7.31. The molecular weight excluding hydrogens is 212 g/mol. The Kier molecular flexibility index (Phi) is 3.17. The number of rotatable bonds is 3. The fourth-order valence-electron chi connectivity index (χ4n) is 1.47. The molecule has 0 unspecified atom stereocenters. The van der Waals surface area contributed by atoms with Crippen LogP contribution >= 0.6 is 11.7 Å². The lowest BCUT2D eigenvalue weighted by atomic mass is 10.2. The predicted octanol–water partition coefficient (Wildman–Crippen LogP) is 0.770. The average molecular weight is 226 g/mol. The van der Waals surface area contributed by atoms with Crippen molar-refractivity contribution < 1.29 is 4.74 Å². The zero-order chi connectivity index (χ0) is 10.7. The van der Waals surface area contributed by atoms with Crippen LogP contribution in [0.4, 0.5) is 0 Å². The maximum Gasteiger partial charge on any atom is 0.253 e. The SMILES string of the molecule is CCOc1nsnc1C1=CNCN(C)C1. The van der Waals surface area contributed by atoms with E-state index in [9.17, 15) is 0 Å². The minimum atomic E-state index is 0.620. The van der Waals surface area contributed by atoms with Gasteiger partial charge in [0, 0.05) is 18.3 Å². The maximum absolute atomic E-state index is 5.42. The van der Waals surface area contributed by atoms with Gasteiger partial charge >= 0.3 is 0 Å². The van der Waals surface area contributed by atoms with Crippen LogP contribution in [0.15, 0.2) is 6.20 Å². The third-order valence-corrected chi connectivity index (χ3v) is 2.63. The number of aromatic nitrogens is 2. The van der Waals surface area contributed by atoms with E-state index in [0.29, 0.717) is 12.5 Å². The molecule has 0 aromatic carbocycles. The number of hydrogen-bond acceptors (Lipinski definition) is 6. The molecule has 1 N–H and O–H groups in total. The van der Waals surface area contributed by atoms with Crippen LogP contribution in [0.3, 0.4) is 0 Å². The summed E-state index contributed by atoms with van der Waals surface area (Å²) in [5, 5.41) is 3.19. The molecule has 0 saturated carbocycles. The van der Waals surface area contributed by atoms with E-state index >= 15 is 0 Å². The zero-order valence-corrected chi connectivity index (χ0v) is 9.67. The second-order valence-corrected chi connectivity index (χ2v) is 3.93. The van der Waals surface area contributed by atoms with Crippen LogP contribution in [0.5, 0.6) is 5.88 Å². The normalized spacial score (nSPS) is 17.1. The summed E-state index contributed by atoms with van der Waals surface area (Å²) in [7, 11) is 2.06. The molecule has 0 fully saturated rings. The van der Waals surface area contributed by atoms with E-state index < -0.39 is 0 Å². The lowest BCUT2D eigenvalue weighted by Crippen LogP contribution is -2.34. The largest absolute Gasteiger partial charge is 0.476 e. The van der Waals surface area contributed by atoms with Gasteiger partial charge in [0.1, 0.15) is 5.69 Å². The molecule has 0 radical (unpaired) electrons. The van der Waals surface area contributed by atoms with Crippen LogP contribution in [0.2, 0.25) is 0 Å². The molecule has 0 bridgehead atoms. The highest BCUT2D eigenvalue weighted by molar-refractivity contribution is 6.99.